The van der Waals surface area contributed by atoms with Gasteiger partial charge in [-0.05, 0) is 30.9 Å². The average molecular weight is 429 g/mol. The molecule has 2 unspecified atom stereocenters. The van der Waals surface area contributed by atoms with Gasteiger partial charge in [-0.2, -0.15) is 13.2 Å². The van der Waals surface area contributed by atoms with Crippen molar-refractivity contribution in [3.8, 4) is 0 Å². The molecule has 0 aromatic heterocycles. The minimum Gasteiger partial charge on any atom is -0.375 e. The van der Waals surface area contributed by atoms with Gasteiger partial charge >= 0.3 is 6.18 Å². The molecular weight excluding hydrogens is 399 g/mol. The molecule has 2 atom stereocenters. The number of guanidine groups is 1. The normalized spacial score (nSPS) is 23.1. The maximum Gasteiger partial charge on any atom is 0.411 e. The highest BCUT2D eigenvalue weighted by Crippen LogP contribution is 2.21. The zero-order valence-electron chi connectivity index (χ0n) is 17.3. The van der Waals surface area contributed by atoms with E-state index in [2.05, 4.69) is 10.2 Å². The van der Waals surface area contributed by atoms with Crippen LogP contribution in [-0.2, 0) is 27.4 Å². The van der Waals surface area contributed by atoms with Crippen molar-refractivity contribution in [2.45, 2.75) is 51.3 Å². The molecule has 0 amide bonds. The number of alkyl halides is 3. The molecule has 1 aromatic carbocycles. The molecule has 2 aliphatic rings. The Bertz CT molecular complexity index is 694. The lowest BCUT2D eigenvalue weighted by Crippen LogP contribution is -2.53. The van der Waals surface area contributed by atoms with Gasteiger partial charge in [0.2, 0.25) is 0 Å². The van der Waals surface area contributed by atoms with Crippen molar-refractivity contribution in [2.24, 2.45) is 4.99 Å². The highest BCUT2D eigenvalue weighted by Gasteiger charge is 2.32. The highest BCUT2D eigenvalue weighted by atomic mass is 19.4. The number of aliphatic imine (C=N–C) groups is 1. The van der Waals surface area contributed by atoms with Gasteiger partial charge in [-0.3, -0.25) is 0 Å². The second-order valence-electron chi connectivity index (χ2n) is 7.50. The number of benzene rings is 1. The third kappa shape index (κ3) is 7.14. The summed E-state index contributed by atoms with van der Waals surface area (Å²) < 4.78 is 53.2. The minimum absolute atomic E-state index is 0.0409. The molecule has 0 radical (unpaired) electrons. The van der Waals surface area contributed by atoms with Crippen molar-refractivity contribution in [1.82, 2.24) is 10.2 Å². The Morgan fingerprint density at radius 2 is 2.03 bits per heavy atom. The molecule has 2 heterocycles. The van der Waals surface area contributed by atoms with Gasteiger partial charge in [-0.15, -0.1) is 0 Å². The number of hydrogen-bond acceptors (Lipinski definition) is 4. The quantitative estimate of drug-likeness (QED) is 0.533. The summed E-state index contributed by atoms with van der Waals surface area (Å²) in [5.74, 6) is 0.808. The molecule has 3 rings (SSSR count). The Balaban J connectivity index is 1.59. The molecule has 2 fully saturated rings. The van der Waals surface area contributed by atoms with Crippen molar-refractivity contribution in [3.05, 3.63) is 35.4 Å². The van der Waals surface area contributed by atoms with Crippen LogP contribution in [0.5, 0.6) is 0 Å². The Morgan fingerprint density at radius 3 is 2.77 bits per heavy atom. The van der Waals surface area contributed by atoms with E-state index in [1.165, 1.54) is 0 Å². The van der Waals surface area contributed by atoms with Crippen LogP contribution in [0.2, 0.25) is 0 Å². The number of rotatable bonds is 7. The van der Waals surface area contributed by atoms with Crippen LogP contribution in [0.4, 0.5) is 13.2 Å². The molecule has 1 N–H and O–H groups in total. The van der Waals surface area contributed by atoms with Crippen molar-refractivity contribution < 1.29 is 27.4 Å². The predicted octanol–water partition coefficient (Wildman–Crippen LogP) is 3.11. The maximum absolute atomic E-state index is 12.3. The summed E-state index contributed by atoms with van der Waals surface area (Å²) in [4.78, 5) is 6.93. The van der Waals surface area contributed by atoms with E-state index in [-0.39, 0.29) is 18.8 Å². The first kappa shape index (κ1) is 22.8. The maximum atomic E-state index is 12.3. The number of morpholine rings is 1. The molecule has 9 heteroatoms. The molecule has 0 saturated carbocycles. The van der Waals surface area contributed by atoms with Crippen LogP contribution in [-0.4, -0.2) is 68.7 Å². The topological polar surface area (TPSA) is 55.3 Å². The van der Waals surface area contributed by atoms with E-state index in [1.54, 1.807) is 6.07 Å². The van der Waals surface area contributed by atoms with Crippen molar-refractivity contribution in [3.63, 3.8) is 0 Å². The first-order chi connectivity index (χ1) is 14.4. The molecule has 2 aliphatic heterocycles. The van der Waals surface area contributed by atoms with Gasteiger partial charge in [-0.25, -0.2) is 4.99 Å². The van der Waals surface area contributed by atoms with Crippen LogP contribution in [0.3, 0.4) is 0 Å². The monoisotopic (exact) mass is 429 g/mol. The Labute approximate surface area is 175 Å². The van der Waals surface area contributed by atoms with E-state index in [0.717, 1.165) is 50.6 Å². The van der Waals surface area contributed by atoms with E-state index in [0.29, 0.717) is 18.7 Å². The number of hydrogen-bond donors (Lipinski definition) is 1. The summed E-state index contributed by atoms with van der Waals surface area (Å²) in [5, 5.41) is 3.33. The fraction of sp³-hybridized carbons (Fsp3) is 0.667. The third-order valence-corrected chi connectivity index (χ3v) is 5.04. The van der Waals surface area contributed by atoms with E-state index in [9.17, 15) is 13.2 Å². The first-order valence-corrected chi connectivity index (χ1v) is 10.4. The van der Waals surface area contributed by atoms with Crippen LogP contribution in [0.25, 0.3) is 0 Å². The largest absolute Gasteiger partial charge is 0.411 e. The zero-order chi connectivity index (χ0) is 21.4. The standard InChI is InChI=1S/C21H30F3N3O3/c1-2-25-20(27-8-10-30-19(13-27)18-7-4-9-29-18)26-12-16-5-3-6-17(11-16)14-28-15-21(22,23)24/h3,5-6,11,18-19H,2,4,7-10,12-15H2,1H3,(H,25,26). The Morgan fingerprint density at radius 1 is 1.23 bits per heavy atom. The number of nitrogens with one attached hydrogen (secondary N) is 1. The van der Waals surface area contributed by atoms with E-state index in [4.69, 9.17) is 19.2 Å². The smallest absolute Gasteiger partial charge is 0.375 e. The average Bonchev–Trinajstić information content (AvgIpc) is 3.26. The van der Waals surface area contributed by atoms with Gasteiger partial charge in [0.1, 0.15) is 12.7 Å². The van der Waals surface area contributed by atoms with Gasteiger partial charge in [0.05, 0.1) is 25.9 Å². The molecular formula is C21H30F3N3O3. The molecule has 0 aliphatic carbocycles. The van der Waals surface area contributed by atoms with Crippen molar-refractivity contribution >= 4 is 5.96 Å². The molecule has 168 valence electrons. The summed E-state index contributed by atoms with van der Waals surface area (Å²) in [6.45, 7) is 4.76. The van der Waals surface area contributed by atoms with Crippen LogP contribution < -0.4 is 5.32 Å². The second-order valence-corrected chi connectivity index (χ2v) is 7.50. The Hall–Kier alpha value is -1.84. The molecule has 1 aromatic rings. The number of nitrogens with zero attached hydrogens (tertiary/aromatic N) is 2. The summed E-state index contributed by atoms with van der Waals surface area (Å²) in [6, 6.07) is 7.31. The van der Waals surface area contributed by atoms with Crippen LogP contribution in [0.15, 0.2) is 29.3 Å². The van der Waals surface area contributed by atoms with Crippen LogP contribution in [0, 0.1) is 0 Å². The van der Waals surface area contributed by atoms with E-state index >= 15 is 0 Å². The predicted molar refractivity (Wildman–Crippen MR) is 107 cm³/mol. The lowest BCUT2D eigenvalue weighted by atomic mass is 10.1. The zero-order valence-corrected chi connectivity index (χ0v) is 17.3. The molecule has 0 spiro atoms. The fourth-order valence-corrected chi connectivity index (χ4v) is 3.68. The van der Waals surface area contributed by atoms with Gasteiger partial charge < -0.3 is 24.4 Å². The molecule has 2 saturated heterocycles. The van der Waals surface area contributed by atoms with Crippen molar-refractivity contribution in [2.75, 3.05) is 39.5 Å². The summed E-state index contributed by atoms with van der Waals surface area (Å²) in [6.07, 6.45) is -2.04. The SMILES string of the molecule is CCNC(=NCc1cccc(COCC(F)(F)F)c1)N1CCOC(C2CCCO2)C1. The minimum atomic E-state index is -4.32. The first-order valence-electron chi connectivity index (χ1n) is 10.4. The summed E-state index contributed by atoms with van der Waals surface area (Å²) >= 11 is 0. The number of halogens is 3. The van der Waals surface area contributed by atoms with E-state index in [1.807, 2.05) is 25.1 Å². The van der Waals surface area contributed by atoms with Gasteiger partial charge in [0.25, 0.3) is 0 Å². The lowest BCUT2D eigenvalue weighted by Gasteiger charge is -2.37. The number of ether oxygens (including phenoxy) is 3. The van der Waals surface area contributed by atoms with Gasteiger partial charge in [0, 0.05) is 26.2 Å². The molecule has 30 heavy (non-hydrogen) atoms. The lowest BCUT2D eigenvalue weighted by molar-refractivity contribution is -0.176. The van der Waals surface area contributed by atoms with Gasteiger partial charge in [-0.1, -0.05) is 24.3 Å². The third-order valence-electron chi connectivity index (χ3n) is 5.04. The summed E-state index contributed by atoms with van der Waals surface area (Å²) in [5.41, 5.74) is 1.62. The second kappa shape index (κ2) is 11.0. The molecule has 0 bridgehead atoms. The van der Waals surface area contributed by atoms with Crippen molar-refractivity contribution in [1.29, 1.82) is 0 Å². The highest BCUT2D eigenvalue weighted by molar-refractivity contribution is 5.80. The summed E-state index contributed by atoms with van der Waals surface area (Å²) in [7, 11) is 0. The Kier molecular flexibility index (Phi) is 8.35. The van der Waals surface area contributed by atoms with Crippen LogP contribution in [0.1, 0.15) is 30.9 Å². The van der Waals surface area contributed by atoms with Gasteiger partial charge in [0.15, 0.2) is 5.96 Å². The van der Waals surface area contributed by atoms with E-state index < -0.39 is 12.8 Å². The molecule has 6 nitrogen and oxygen atoms in total. The fourth-order valence-electron chi connectivity index (χ4n) is 3.68. The van der Waals surface area contributed by atoms with Crippen LogP contribution >= 0.6 is 0 Å².